The number of cyclic esters (lactones) is 1. The van der Waals surface area contributed by atoms with Gasteiger partial charge >= 0.3 is 6.09 Å². The molecule has 3 rings (SSSR count). The first-order valence-electron chi connectivity index (χ1n) is 9.66. The van der Waals surface area contributed by atoms with Crippen LogP contribution in [0.2, 0.25) is 0 Å². The predicted molar refractivity (Wildman–Crippen MR) is 108 cm³/mol. The predicted octanol–water partition coefficient (Wildman–Crippen LogP) is 4.66. The Morgan fingerprint density at radius 1 is 1.18 bits per heavy atom. The lowest BCUT2D eigenvalue weighted by molar-refractivity contribution is -0.101. The summed E-state index contributed by atoms with van der Waals surface area (Å²) in [5.41, 5.74) is 0.154. The summed E-state index contributed by atoms with van der Waals surface area (Å²) in [5.74, 6) is 0.783. The van der Waals surface area contributed by atoms with Gasteiger partial charge in [-0.2, -0.15) is 0 Å². The van der Waals surface area contributed by atoms with E-state index in [1.807, 2.05) is 61.5 Å². The van der Waals surface area contributed by atoms with Gasteiger partial charge in [-0.15, -0.1) is 0 Å². The fourth-order valence-corrected chi connectivity index (χ4v) is 3.95. The van der Waals surface area contributed by atoms with Crippen LogP contribution in [0.15, 0.2) is 54.6 Å². The molecule has 0 unspecified atom stereocenters. The number of carbonyl (C=O) groups is 1. The molecule has 28 heavy (non-hydrogen) atoms. The van der Waals surface area contributed by atoms with E-state index in [0.717, 1.165) is 16.9 Å². The van der Waals surface area contributed by atoms with Gasteiger partial charge in [0.05, 0.1) is 18.8 Å². The minimum atomic E-state index is -0.958. The van der Waals surface area contributed by atoms with E-state index in [9.17, 15) is 9.90 Å². The van der Waals surface area contributed by atoms with Crippen LogP contribution in [-0.2, 0) is 10.3 Å². The maximum absolute atomic E-state index is 13.0. The van der Waals surface area contributed by atoms with Crippen LogP contribution in [0.1, 0.15) is 50.8 Å². The van der Waals surface area contributed by atoms with Gasteiger partial charge in [0.25, 0.3) is 0 Å². The molecule has 0 spiro atoms. The summed E-state index contributed by atoms with van der Waals surface area (Å²) in [5, 5.41) is 10.5. The van der Waals surface area contributed by atoms with Crippen molar-refractivity contribution in [2.24, 2.45) is 0 Å². The lowest BCUT2D eigenvalue weighted by Gasteiger charge is -2.45. The average Bonchev–Trinajstić information content (AvgIpc) is 2.67. The number of rotatable bonds is 6. The van der Waals surface area contributed by atoms with Crippen LogP contribution in [0, 0.1) is 0 Å². The number of amides is 1. The van der Waals surface area contributed by atoms with Crippen LogP contribution < -0.4 is 4.74 Å². The van der Waals surface area contributed by atoms with Gasteiger partial charge in [-0.25, -0.2) is 4.79 Å². The molecule has 0 bridgehead atoms. The van der Waals surface area contributed by atoms with Gasteiger partial charge in [-0.1, -0.05) is 42.5 Å². The molecular formula is C23H29NO4. The number of methoxy groups -OCH3 is 1. The van der Waals surface area contributed by atoms with Crippen molar-refractivity contribution in [3.63, 3.8) is 0 Å². The highest BCUT2D eigenvalue weighted by Gasteiger charge is 2.46. The van der Waals surface area contributed by atoms with Crippen LogP contribution >= 0.6 is 0 Å². The van der Waals surface area contributed by atoms with Crippen molar-refractivity contribution >= 4 is 6.09 Å². The molecule has 0 radical (unpaired) electrons. The molecule has 1 fully saturated rings. The highest BCUT2D eigenvalue weighted by Crippen LogP contribution is 2.42. The summed E-state index contributed by atoms with van der Waals surface area (Å²) in [4.78, 5) is 14.7. The summed E-state index contributed by atoms with van der Waals surface area (Å²) in [6.07, 6.45) is 0.607. The molecule has 1 amide bonds. The molecule has 0 saturated carbocycles. The number of nitrogens with zero attached hydrogens (tertiary/aromatic N) is 1. The number of aliphatic hydroxyl groups is 1. The smallest absolute Gasteiger partial charge is 0.411 e. The second kappa shape index (κ2) is 7.84. The van der Waals surface area contributed by atoms with Crippen LogP contribution in [0.5, 0.6) is 5.75 Å². The fraction of sp³-hybridized carbons (Fsp3) is 0.435. The zero-order chi connectivity index (χ0) is 20.4. The Labute approximate surface area is 166 Å². The maximum Gasteiger partial charge on any atom is 0.411 e. The van der Waals surface area contributed by atoms with Crippen molar-refractivity contribution in [2.75, 3.05) is 13.7 Å². The third-order valence-corrected chi connectivity index (χ3v) is 5.36. The minimum Gasteiger partial charge on any atom is -0.497 e. The van der Waals surface area contributed by atoms with Crippen LogP contribution in [0.4, 0.5) is 4.79 Å². The number of ether oxygens (including phenoxy) is 2. The molecule has 5 nitrogen and oxygen atoms in total. The molecule has 5 heteroatoms. The molecule has 1 N–H and O–H groups in total. The Bertz CT molecular complexity index is 798. The highest BCUT2D eigenvalue weighted by molar-refractivity contribution is 5.70. The molecule has 2 atom stereocenters. The fourth-order valence-electron chi connectivity index (χ4n) is 3.95. The molecule has 150 valence electrons. The molecule has 1 saturated heterocycles. The molecule has 0 aliphatic carbocycles. The van der Waals surface area contributed by atoms with Gasteiger partial charge < -0.3 is 19.5 Å². The van der Waals surface area contributed by atoms with E-state index >= 15 is 0 Å². The van der Waals surface area contributed by atoms with Crippen LogP contribution in [0.3, 0.4) is 0 Å². The maximum atomic E-state index is 13.0. The van der Waals surface area contributed by atoms with Crippen molar-refractivity contribution in [1.29, 1.82) is 0 Å². The molecule has 2 aromatic rings. The van der Waals surface area contributed by atoms with Gasteiger partial charge in [-0.3, -0.25) is 0 Å². The van der Waals surface area contributed by atoms with Gasteiger partial charge in [0, 0.05) is 19.4 Å². The van der Waals surface area contributed by atoms with Crippen LogP contribution in [-0.4, -0.2) is 35.4 Å². The van der Waals surface area contributed by atoms with Gasteiger partial charge in [0.1, 0.15) is 11.4 Å². The first-order valence-corrected chi connectivity index (χ1v) is 9.66. The van der Waals surface area contributed by atoms with E-state index < -0.39 is 11.2 Å². The number of hydrogen-bond donors (Lipinski definition) is 1. The number of carbonyl (C=O) groups excluding carboxylic acids is 1. The lowest BCUT2D eigenvalue weighted by Crippen LogP contribution is -2.51. The second-order valence-electron chi connectivity index (χ2n) is 8.11. The van der Waals surface area contributed by atoms with Crippen LogP contribution in [0.25, 0.3) is 0 Å². The second-order valence-corrected chi connectivity index (χ2v) is 8.11. The Morgan fingerprint density at radius 2 is 1.82 bits per heavy atom. The van der Waals surface area contributed by atoms with E-state index in [1.165, 1.54) is 0 Å². The summed E-state index contributed by atoms with van der Waals surface area (Å²) in [7, 11) is 1.63. The van der Waals surface area contributed by atoms with Gasteiger partial charge in [0.2, 0.25) is 0 Å². The quantitative estimate of drug-likeness (QED) is 0.788. The van der Waals surface area contributed by atoms with Crippen molar-refractivity contribution < 1.29 is 19.4 Å². The summed E-state index contributed by atoms with van der Waals surface area (Å²) >= 11 is 0. The summed E-state index contributed by atoms with van der Waals surface area (Å²) in [6.45, 7) is 6.04. The first-order chi connectivity index (χ1) is 13.2. The molecule has 1 aliphatic heterocycles. The van der Waals surface area contributed by atoms with Gasteiger partial charge in [-0.05, 0) is 44.0 Å². The Kier molecular flexibility index (Phi) is 5.66. The topological polar surface area (TPSA) is 59.0 Å². The largest absolute Gasteiger partial charge is 0.497 e. The normalized spacial score (nSPS) is 21.2. The lowest BCUT2D eigenvalue weighted by atomic mass is 9.80. The summed E-state index contributed by atoms with van der Waals surface area (Å²) < 4.78 is 11.2. The highest BCUT2D eigenvalue weighted by atomic mass is 16.6. The first kappa shape index (κ1) is 20.2. The monoisotopic (exact) mass is 383 g/mol. The van der Waals surface area contributed by atoms with E-state index in [0.29, 0.717) is 19.4 Å². The van der Waals surface area contributed by atoms with Crippen molar-refractivity contribution in [1.82, 2.24) is 4.90 Å². The Hall–Kier alpha value is -2.53. The molecule has 1 aliphatic rings. The number of hydrogen-bond acceptors (Lipinski definition) is 4. The molecule has 2 aromatic carbocycles. The Morgan fingerprint density at radius 3 is 2.36 bits per heavy atom. The SMILES string of the molecule is COc1ccc([C@H](C)N2CC[C@](CC(C)(C)O)(c3ccccc3)OC2=O)cc1. The van der Waals surface area contributed by atoms with Crippen molar-refractivity contribution in [2.45, 2.75) is 50.9 Å². The zero-order valence-corrected chi connectivity index (χ0v) is 17.0. The number of benzene rings is 2. The third kappa shape index (κ3) is 4.30. The molecular weight excluding hydrogens is 354 g/mol. The molecule has 0 aromatic heterocycles. The van der Waals surface area contributed by atoms with E-state index in [-0.39, 0.29) is 12.1 Å². The zero-order valence-electron chi connectivity index (χ0n) is 17.0. The Balaban J connectivity index is 1.83. The van der Waals surface area contributed by atoms with Gasteiger partial charge in [0.15, 0.2) is 0 Å². The average molecular weight is 383 g/mol. The van der Waals surface area contributed by atoms with Crippen molar-refractivity contribution in [3.8, 4) is 5.75 Å². The standard InChI is InChI=1S/C23H29NO4/c1-17(18-10-12-20(27-4)13-11-18)24-15-14-23(28-21(24)25,16-22(2,3)26)19-8-6-5-7-9-19/h5-13,17,26H,14-16H2,1-4H3/t17-,23-/m0/s1. The summed E-state index contributed by atoms with van der Waals surface area (Å²) in [6, 6.07) is 17.3. The van der Waals surface area contributed by atoms with Crippen molar-refractivity contribution in [3.05, 3.63) is 65.7 Å². The minimum absolute atomic E-state index is 0.116. The van der Waals surface area contributed by atoms with E-state index in [4.69, 9.17) is 9.47 Å². The third-order valence-electron chi connectivity index (χ3n) is 5.36. The van der Waals surface area contributed by atoms with E-state index in [1.54, 1.807) is 25.9 Å². The van der Waals surface area contributed by atoms with E-state index in [2.05, 4.69) is 0 Å². The molecule has 1 heterocycles.